The van der Waals surface area contributed by atoms with Crippen LogP contribution in [0.4, 0.5) is 10.1 Å². The van der Waals surface area contributed by atoms with Gasteiger partial charge in [-0.25, -0.2) is 4.39 Å². The number of halogens is 1. The Morgan fingerprint density at radius 1 is 1.33 bits per heavy atom. The van der Waals surface area contributed by atoms with Crippen molar-refractivity contribution in [1.29, 1.82) is 0 Å². The summed E-state index contributed by atoms with van der Waals surface area (Å²) in [4.78, 5) is 28.5. The van der Waals surface area contributed by atoms with E-state index in [1.165, 1.54) is 12.1 Å². The number of benzene rings is 1. The molecule has 0 radical (unpaired) electrons. The molecule has 0 aliphatic carbocycles. The highest BCUT2D eigenvalue weighted by atomic mass is 19.1. The number of hydrogen-bond acceptors (Lipinski definition) is 4. The first-order valence-corrected chi connectivity index (χ1v) is 8.86. The van der Waals surface area contributed by atoms with E-state index in [4.69, 9.17) is 4.74 Å². The highest BCUT2D eigenvalue weighted by Gasteiger charge is 2.47. The summed E-state index contributed by atoms with van der Waals surface area (Å²) in [6, 6.07) is 5.97. The van der Waals surface area contributed by atoms with Gasteiger partial charge in [0.25, 0.3) is 11.8 Å². The van der Waals surface area contributed by atoms with Gasteiger partial charge in [-0.2, -0.15) is 5.10 Å². The largest absolute Gasteiger partial charge is 0.361 e. The molecule has 0 saturated carbocycles. The molecule has 2 fully saturated rings. The number of rotatable bonds is 2. The Hall–Kier alpha value is -2.74. The van der Waals surface area contributed by atoms with Crippen molar-refractivity contribution in [3.8, 4) is 0 Å². The smallest absolute Gasteiger partial charge is 0.257 e. The molecule has 8 heteroatoms. The lowest BCUT2D eigenvalue weighted by atomic mass is 10.00. The molecular weight excluding hydrogens is 351 g/mol. The van der Waals surface area contributed by atoms with Crippen LogP contribution in [0, 0.1) is 12.7 Å². The molecule has 0 N–H and O–H groups in total. The maximum Gasteiger partial charge on any atom is 0.257 e. The van der Waals surface area contributed by atoms with Gasteiger partial charge in [0, 0.05) is 25.0 Å². The molecule has 2 saturated heterocycles. The first kappa shape index (κ1) is 17.7. The first-order chi connectivity index (χ1) is 12.9. The van der Waals surface area contributed by atoms with E-state index in [0.717, 1.165) is 5.69 Å². The maximum absolute atomic E-state index is 13.6. The number of ether oxygens (including phenoxy) is 1. The lowest BCUT2D eigenvalue weighted by Crippen LogP contribution is -2.56. The monoisotopic (exact) mass is 372 g/mol. The van der Waals surface area contributed by atoms with Gasteiger partial charge in [-0.3, -0.25) is 14.3 Å². The number of aromatic nitrogens is 2. The average Bonchev–Trinajstić information content (AvgIpc) is 3.21. The van der Waals surface area contributed by atoms with Gasteiger partial charge in [0.05, 0.1) is 24.8 Å². The summed E-state index contributed by atoms with van der Waals surface area (Å²) in [7, 11) is 1.80. The van der Waals surface area contributed by atoms with E-state index in [-0.39, 0.29) is 18.4 Å². The fraction of sp³-hybridized carbons (Fsp3) is 0.421. The molecule has 142 valence electrons. The van der Waals surface area contributed by atoms with Gasteiger partial charge in [0.1, 0.15) is 18.0 Å². The van der Waals surface area contributed by atoms with Gasteiger partial charge in [-0.15, -0.1) is 0 Å². The highest BCUT2D eigenvalue weighted by Crippen LogP contribution is 2.33. The Kier molecular flexibility index (Phi) is 4.22. The summed E-state index contributed by atoms with van der Waals surface area (Å²) in [5.41, 5.74) is 1.26. The minimum atomic E-state index is -0.633. The molecule has 2 aromatic rings. The van der Waals surface area contributed by atoms with Crippen LogP contribution in [0.3, 0.4) is 0 Å². The Labute approximate surface area is 156 Å². The zero-order valence-electron chi connectivity index (χ0n) is 15.3. The van der Waals surface area contributed by atoms with Crippen molar-refractivity contribution in [2.45, 2.75) is 18.9 Å². The second-order valence-corrected chi connectivity index (χ2v) is 7.18. The predicted octanol–water partition coefficient (Wildman–Crippen LogP) is 1.52. The van der Waals surface area contributed by atoms with Crippen LogP contribution < -0.4 is 4.90 Å². The molecule has 1 atom stereocenters. The van der Waals surface area contributed by atoms with E-state index >= 15 is 0 Å². The number of nitrogens with zero attached hydrogens (tertiary/aromatic N) is 4. The molecule has 0 bridgehead atoms. The van der Waals surface area contributed by atoms with Crippen molar-refractivity contribution in [3.05, 3.63) is 47.5 Å². The number of likely N-dealkylation sites (tertiary alicyclic amines) is 1. The van der Waals surface area contributed by atoms with Crippen molar-refractivity contribution in [1.82, 2.24) is 14.7 Å². The van der Waals surface area contributed by atoms with Gasteiger partial charge in [-0.1, -0.05) is 6.07 Å². The molecule has 2 amide bonds. The van der Waals surface area contributed by atoms with E-state index in [9.17, 15) is 14.0 Å². The highest BCUT2D eigenvalue weighted by molar-refractivity contribution is 5.96. The van der Waals surface area contributed by atoms with Crippen molar-refractivity contribution in [2.24, 2.45) is 7.05 Å². The zero-order chi connectivity index (χ0) is 19.2. The van der Waals surface area contributed by atoms with E-state index in [1.54, 1.807) is 39.9 Å². The third kappa shape index (κ3) is 3.10. The number of amides is 2. The number of anilines is 1. The lowest BCUT2D eigenvalue weighted by Gasteiger charge is -2.40. The fourth-order valence-electron chi connectivity index (χ4n) is 3.74. The third-order valence-corrected chi connectivity index (χ3v) is 5.44. The van der Waals surface area contributed by atoms with E-state index in [2.05, 4.69) is 5.10 Å². The molecule has 1 unspecified atom stereocenters. The lowest BCUT2D eigenvalue weighted by molar-refractivity contribution is -0.137. The maximum atomic E-state index is 13.6. The normalized spacial score (nSPS) is 22.7. The first-order valence-electron chi connectivity index (χ1n) is 8.86. The van der Waals surface area contributed by atoms with Crippen LogP contribution in [-0.2, 0) is 16.6 Å². The van der Waals surface area contributed by atoms with Gasteiger partial charge >= 0.3 is 0 Å². The van der Waals surface area contributed by atoms with Crippen LogP contribution in [-0.4, -0.2) is 58.3 Å². The summed E-state index contributed by atoms with van der Waals surface area (Å²) >= 11 is 0. The van der Waals surface area contributed by atoms with Gasteiger partial charge in [0.2, 0.25) is 0 Å². The minimum Gasteiger partial charge on any atom is -0.361 e. The van der Waals surface area contributed by atoms with Crippen molar-refractivity contribution < 1.29 is 18.7 Å². The quantitative estimate of drug-likeness (QED) is 0.802. The third-order valence-electron chi connectivity index (χ3n) is 5.44. The topological polar surface area (TPSA) is 67.7 Å². The van der Waals surface area contributed by atoms with Crippen molar-refractivity contribution in [3.63, 3.8) is 0 Å². The summed E-state index contributed by atoms with van der Waals surface area (Å²) in [5, 5.41) is 4.13. The Balaban J connectivity index is 1.53. The number of hydrogen-bond donors (Lipinski definition) is 0. The second-order valence-electron chi connectivity index (χ2n) is 7.18. The fourth-order valence-corrected chi connectivity index (χ4v) is 3.74. The second kappa shape index (κ2) is 6.45. The summed E-state index contributed by atoms with van der Waals surface area (Å²) in [6.07, 6.45) is 2.20. The van der Waals surface area contributed by atoms with Gasteiger partial charge in [-0.05, 0) is 31.5 Å². The number of aryl methyl sites for hydroxylation is 1. The molecule has 3 heterocycles. The number of carbonyl (C=O) groups is 2. The van der Waals surface area contributed by atoms with Crippen LogP contribution >= 0.6 is 0 Å². The summed E-state index contributed by atoms with van der Waals surface area (Å²) < 4.78 is 21.1. The molecular formula is C19H21FN4O3. The predicted molar refractivity (Wildman–Crippen MR) is 95.9 cm³/mol. The Morgan fingerprint density at radius 3 is 2.85 bits per heavy atom. The van der Waals surface area contributed by atoms with Crippen molar-refractivity contribution in [2.75, 3.05) is 31.1 Å². The van der Waals surface area contributed by atoms with E-state index in [0.29, 0.717) is 37.3 Å². The van der Waals surface area contributed by atoms with E-state index < -0.39 is 11.4 Å². The summed E-state index contributed by atoms with van der Waals surface area (Å²) in [5.74, 6) is -0.689. The van der Waals surface area contributed by atoms with Crippen LogP contribution in [0.1, 0.15) is 22.5 Å². The van der Waals surface area contributed by atoms with Gasteiger partial charge < -0.3 is 14.5 Å². The van der Waals surface area contributed by atoms with Crippen LogP contribution in [0.5, 0.6) is 0 Å². The molecule has 27 heavy (non-hydrogen) atoms. The molecule has 1 aromatic carbocycles. The Morgan fingerprint density at radius 2 is 2.15 bits per heavy atom. The average molecular weight is 372 g/mol. The van der Waals surface area contributed by atoms with Crippen LogP contribution in [0.25, 0.3) is 0 Å². The summed E-state index contributed by atoms with van der Waals surface area (Å²) in [6.45, 7) is 3.00. The zero-order valence-corrected chi connectivity index (χ0v) is 15.3. The Bertz CT molecular complexity index is 912. The van der Waals surface area contributed by atoms with E-state index in [1.807, 2.05) is 6.92 Å². The number of carbonyl (C=O) groups excluding carboxylic acids is 2. The van der Waals surface area contributed by atoms with Crippen molar-refractivity contribution >= 4 is 17.5 Å². The molecule has 4 rings (SSSR count). The van der Waals surface area contributed by atoms with Gasteiger partial charge in [0.15, 0.2) is 0 Å². The number of morpholine rings is 1. The standard InChI is InChI=1S/C19H21FN4O3/c1-13-16(9-21-22(13)2)18(26)23-7-6-19(11-23)12-24(17(25)10-27-19)15-5-3-4-14(20)8-15/h3-5,8-9H,6-7,10-12H2,1-2H3. The SMILES string of the molecule is Cc1c(C(=O)N2CCC3(C2)CN(c2cccc(F)c2)C(=O)CO3)cnn1C. The molecule has 7 nitrogen and oxygen atoms in total. The molecule has 2 aliphatic rings. The molecule has 1 aromatic heterocycles. The van der Waals surface area contributed by atoms with Crippen LogP contribution in [0.2, 0.25) is 0 Å². The van der Waals surface area contributed by atoms with Crippen LogP contribution in [0.15, 0.2) is 30.5 Å². The molecule has 2 aliphatic heterocycles. The minimum absolute atomic E-state index is 0.0789. The molecule has 1 spiro atoms.